The lowest BCUT2D eigenvalue weighted by Gasteiger charge is -2.14. The summed E-state index contributed by atoms with van der Waals surface area (Å²) in [6.45, 7) is 8.93. The van der Waals surface area contributed by atoms with Gasteiger partial charge in [-0.25, -0.2) is 0 Å². The molecule has 80 valence electrons. The van der Waals surface area contributed by atoms with Crippen LogP contribution < -0.4 is 10.6 Å². The number of aliphatic imine (C=N–C) groups is 1. The van der Waals surface area contributed by atoms with E-state index in [2.05, 4.69) is 27.4 Å². The second-order valence-corrected chi connectivity index (χ2v) is 4.09. The second kappa shape index (κ2) is 4.64. The number of nitrogens with one attached hydrogen (secondary N) is 2. The summed E-state index contributed by atoms with van der Waals surface area (Å²) in [5, 5.41) is 6.61. The first-order valence-electron chi connectivity index (χ1n) is 5.63. The average Bonchev–Trinajstić information content (AvgIpc) is 2.86. The molecule has 0 amide bonds. The fourth-order valence-electron chi connectivity index (χ4n) is 2.12. The lowest BCUT2D eigenvalue weighted by molar-refractivity contribution is 0.342. The standard InChI is InChI=1S/C10H20N4/c1-2-14-6-3-9(8-14)7-13-10-11-4-5-12-10/h9H,2-8H2,1H3,(H2,11,12,13). The Balaban J connectivity index is 1.66. The summed E-state index contributed by atoms with van der Waals surface area (Å²) < 4.78 is 0. The summed E-state index contributed by atoms with van der Waals surface area (Å²) in [4.78, 5) is 6.83. The lowest BCUT2D eigenvalue weighted by atomic mass is 10.1. The third-order valence-corrected chi connectivity index (χ3v) is 3.05. The third-order valence-electron chi connectivity index (χ3n) is 3.05. The topological polar surface area (TPSA) is 39.7 Å². The van der Waals surface area contributed by atoms with Gasteiger partial charge in [0.25, 0.3) is 0 Å². The number of hydrogen-bond donors (Lipinski definition) is 2. The summed E-state index contributed by atoms with van der Waals surface area (Å²) >= 11 is 0. The molecule has 14 heavy (non-hydrogen) atoms. The van der Waals surface area contributed by atoms with E-state index in [9.17, 15) is 0 Å². The smallest absolute Gasteiger partial charge is 0.191 e. The molecule has 4 heteroatoms. The molecule has 2 aliphatic heterocycles. The maximum absolute atomic E-state index is 4.32. The van der Waals surface area contributed by atoms with Crippen LogP contribution in [0.3, 0.4) is 0 Å². The van der Waals surface area contributed by atoms with E-state index >= 15 is 0 Å². The van der Waals surface area contributed by atoms with Crippen LogP contribution in [0.4, 0.5) is 0 Å². The van der Waals surface area contributed by atoms with Gasteiger partial charge in [-0.3, -0.25) is 4.99 Å². The van der Waals surface area contributed by atoms with E-state index in [0.717, 1.165) is 31.5 Å². The minimum absolute atomic E-state index is 0.806. The van der Waals surface area contributed by atoms with Gasteiger partial charge in [-0.05, 0) is 25.4 Å². The molecule has 4 nitrogen and oxygen atoms in total. The summed E-state index contributed by atoms with van der Waals surface area (Å²) in [7, 11) is 0. The van der Waals surface area contributed by atoms with Gasteiger partial charge in [0.1, 0.15) is 0 Å². The quantitative estimate of drug-likeness (QED) is 0.661. The highest BCUT2D eigenvalue weighted by atomic mass is 15.2. The molecule has 0 aromatic rings. The van der Waals surface area contributed by atoms with E-state index in [0.29, 0.717) is 0 Å². The Morgan fingerprint density at radius 1 is 1.64 bits per heavy atom. The Labute approximate surface area is 85.8 Å². The van der Waals surface area contributed by atoms with Gasteiger partial charge in [0.05, 0.1) is 6.54 Å². The van der Waals surface area contributed by atoms with Crippen LogP contribution in [-0.4, -0.2) is 50.1 Å². The largest absolute Gasteiger partial charge is 0.356 e. The maximum atomic E-state index is 4.32. The Morgan fingerprint density at radius 3 is 3.21 bits per heavy atom. The molecule has 0 aliphatic carbocycles. The molecule has 0 radical (unpaired) electrons. The van der Waals surface area contributed by atoms with Crippen molar-refractivity contribution < 1.29 is 0 Å². The van der Waals surface area contributed by atoms with E-state index in [1.54, 1.807) is 0 Å². The van der Waals surface area contributed by atoms with Crippen molar-refractivity contribution in [3.05, 3.63) is 0 Å². The molecule has 1 saturated heterocycles. The number of likely N-dealkylation sites (tertiary alicyclic amines) is 1. The van der Waals surface area contributed by atoms with Gasteiger partial charge in [-0.1, -0.05) is 6.92 Å². The molecule has 0 spiro atoms. The van der Waals surface area contributed by atoms with Gasteiger partial charge in [0.2, 0.25) is 0 Å². The zero-order valence-electron chi connectivity index (χ0n) is 8.92. The second-order valence-electron chi connectivity index (χ2n) is 4.09. The van der Waals surface area contributed by atoms with Crippen LogP contribution in [0.15, 0.2) is 4.99 Å². The average molecular weight is 196 g/mol. The van der Waals surface area contributed by atoms with E-state index in [1.165, 1.54) is 26.1 Å². The zero-order chi connectivity index (χ0) is 9.80. The fourth-order valence-corrected chi connectivity index (χ4v) is 2.12. The SMILES string of the molecule is CCN1CCC(CNC2=NCCN2)C1. The summed E-state index contributed by atoms with van der Waals surface area (Å²) in [6, 6.07) is 0. The number of hydrogen-bond acceptors (Lipinski definition) is 4. The van der Waals surface area contributed by atoms with E-state index in [1.807, 2.05) is 0 Å². The number of guanidine groups is 1. The predicted octanol–water partition coefficient (Wildman–Crippen LogP) is -0.123. The van der Waals surface area contributed by atoms with E-state index < -0.39 is 0 Å². The van der Waals surface area contributed by atoms with Crippen LogP contribution in [0.1, 0.15) is 13.3 Å². The van der Waals surface area contributed by atoms with E-state index in [4.69, 9.17) is 0 Å². The molecule has 0 bridgehead atoms. The normalized spacial score (nSPS) is 27.5. The minimum Gasteiger partial charge on any atom is -0.356 e. The first kappa shape index (κ1) is 9.77. The first-order valence-corrected chi connectivity index (χ1v) is 5.63. The molecule has 1 atom stereocenters. The minimum atomic E-state index is 0.806. The molecule has 1 fully saturated rings. The number of nitrogens with zero attached hydrogens (tertiary/aromatic N) is 2. The highest BCUT2D eigenvalue weighted by Crippen LogP contribution is 2.14. The lowest BCUT2D eigenvalue weighted by Crippen LogP contribution is -2.37. The van der Waals surface area contributed by atoms with Crippen molar-refractivity contribution in [2.24, 2.45) is 10.9 Å². The highest BCUT2D eigenvalue weighted by molar-refractivity contribution is 5.81. The molecule has 0 aromatic heterocycles. The Kier molecular flexibility index (Phi) is 3.24. The van der Waals surface area contributed by atoms with Crippen LogP contribution in [0.2, 0.25) is 0 Å². The Hall–Kier alpha value is -0.770. The fraction of sp³-hybridized carbons (Fsp3) is 0.900. The highest BCUT2D eigenvalue weighted by Gasteiger charge is 2.21. The third kappa shape index (κ3) is 2.38. The number of rotatable bonds is 3. The van der Waals surface area contributed by atoms with Gasteiger partial charge in [-0.15, -0.1) is 0 Å². The first-order chi connectivity index (χ1) is 6.88. The van der Waals surface area contributed by atoms with Crippen LogP contribution in [0, 0.1) is 5.92 Å². The summed E-state index contributed by atoms with van der Waals surface area (Å²) in [5.74, 6) is 1.81. The van der Waals surface area contributed by atoms with Gasteiger partial charge in [-0.2, -0.15) is 0 Å². The molecular formula is C10H20N4. The van der Waals surface area contributed by atoms with Gasteiger partial charge in [0, 0.05) is 19.6 Å². The molecular weight excluding hydrogens is 176 g/mol. The van der Waals surface area contributed by atoms with Crippen molar-refractivity contribution in [3.63, 3.8) is 0 Å². The monoisotopic (exact) mass is 196 g/mol. The molecule has 2 rings (SSSR count). The Bertz CT molecular complexity index is 214. The zero-order valence-corrected chi connectivity index (χ0v) is 8.92. The summed E-state index contributed by atoms with van der Waals surface area (Å²) in [6.07, 6.45) is 1.33. The molecule has 2 aliphatic rings. The van der Waals surface area contributed by atoms with Crippen LogP contribution in [0.25, 0.3) is 0 Å². The molecule has 1 unspecified atom stereocenters. The van der Waals surface area contributed by atoms with Gasteiger partial charge >= 0.3 is 0 Å². The summed E-state index contributed by atoms with van der Waals surface area (Å²) in [5.41, 5.74) is 0. The van der Waals surface area contributed by atoms with Crippen LogP contribution in [0.5, 0.6) is 0 Å². The van der Waals surface area contributed by atoms with Crippen molar-refractivity contribution in [3.8, 4) is 0 Å². The van der Waals surface area contributed by atoms with Crippen molar-refractivity contribution in [1.82, 2.24) is 15.5 Å². The Morgan fingerprint density at radius 2 is 2.57 bits per heavy atom. The predicted molar refractivity (Wildman–Crippen MR) is 58.5 cm³/mol. The van der Waals surface area contributed by atoms with Crippen LogP contribution in [-0.2, 0) is 0 Å². The van der Waals surface area contributed by atoms with Crippen molar-refractivity contribution in [1.29, 1.82) is 0 Å². The van der Waals surface area contributed by atoms with E-state index in [-0.39, 0.29) is 0 Å². The molecule has 2 heterocycles. The van der Waals surface area contributed by atoms with Crippen molar-refractivity contribution in [2.45, 2.75) is 13.3 Å². The maximum Gasteiger partial charge on any atom is 0.191 e. The van der Waals surface area contributed by atoms with Crippen molar-refractivity contribution in [2.75, 3.05) is 39.3 Å². The van der Waals surface area contributed by atoms with Gasteiger partial charge in [0.15, 0.2) is 5.96 Å². The van der Waals surface area contributed by atoms with Crippen molar-refractivity contribution >= 4 is 5.96 Å². The van der Waals surface area contributed by atoms with Crippen LogP contribution >= 0.6 is 0 Å². The molecule has 0 aromatic carbocycles. The molecule has 2 N–H and O–H groups in total. The molecule has 0 saturated carbocycles. The van der Waals surface area contributed by atoms with Gasteiger partial charge < -0.3 is 15.5 Å².